The molecule has 0 atom stereocenters. The molecule has 0 aromatic heterocycles. The Hall–Kier alpha value is -0.410. The quantitative estimate of drug-likeness (QED) is 0.684. The first-order valence-corrected chi connectivity index (χ1v) is 6.10. The van der Waals surface area contributed by atoms with Gasteiger partial charge < -0.3 is 10.8 Å². The smallest absolute Gasteiger partial charge is 0.164 e. The second-order valence-corrected chi connectivity index (χ2v) is 4.75. The Morgan fingerprint density at radius 2 is 2.00 bits per heavy atom. The fraction of sp³-hybridized carbons (Fsp3) is 0.917. The number of Topliss-reactive ketones (excluding diaryl/α,β-unsaturated/α-hetero) is 1. The number of ketones is 1. The normalized spacial score (nSPS) is 31.5. The molecule has 0 radical (unpaired) electrons. The molecule has 0 unspecified atom stereocenters. The van der Waals surface area contributed by atoms with Crippen LogP contribution in [-0.4, -0.2) is 22.5 Å². The summed E-state index contributed by atoms with van der Waals surface area (Å²) in [7, 11) is 0. The monoisotopic (exact) mass is 213 g/mol. The molecule has 0 bridgehead atoms. The van der Waals surface area contributed by atoms with E-state index in [1.165, 1.54) is 0 Å². The molecule has 3 N–H and O–H groups in total. The second-order valence-electron chi connectivity index (χ2n) is 4.75. The van der Waals surface area contributed by atoms with Crippen molar-refractivity contribution < 1.29 is 9.90 Å². The first-order chi connectivity index (χ1) is 7.08. The fourth-order valence-corrected chi connectivity index (χ4v) is 2.16. The van der Waals surface area contributed by atoms with Gasteiger partial charge in [-0.3, -0.25) is 4.79 Å². The van der Waals surface area contributed by atoms with Gasteiger partial charge in [0.05, 0.1) is 0 Å². The van der Waals surface area contributed by atoms with Crippen molar-refractivity contribution in [2.24, 2.45) is 5.73 Å². The summed E-state index contributed by atoms with van der Waals surface area (Å²) in [4.78, 5) is 11.8. The van der Waals surface area contributed by atoms with E-state index in [4.69, 9.17) is 5.73 Å². The van der Waals surface area contributed by atoms with Gasteiger partial charge in [-0.2, -0.15) is 0 Å². The molecule has 15 heavy (non-hydrogen) atoms. The van der Waals surface area contributed by atoms with Crippen molar-refractivity contribution in [2.45, 2.75) is 69.9 Å². The van der Waals surface area contributed by atoms with Crippen LogP contribution in [-0.2, 0) is 4.79 Å². The Kier molecular flexibility index (Phi) is 4.74. The minimum absolute atomic E-state index is 0.0304. The molecule has 0 aromatic carbocycles. The van der Waals surface area contributed by atoms with Crippen molar-refractivity contribution in [3.63, 3.8) is 0 Å². The number of hydrogen-bond donors (Lipinski definition) is 2. The first kappa shape index (κ1) is 12.7. The lowest BCUT2D eigenvalue weighted by Gasteiger charge is -2.33. The highest BCUT2D eigenvalue weighted by Crippen LogP contribution is 2.29. The van der Waals surface area contributed by atoms with Crippen molar-refractivity contribution in [1.82, 2.24) is 0 Å². The predicted octanol–water partition coefficient (Wildman–Crippen LogP) is 1.77. The maximum atomic E-state index is 11.8. The number of carbonyl (C=O) groups excluding carboxylic acids is 1. The van der Waals surface area contributed by atoms with Gasteiger partial charge in [-0.1, -0.05) is 19.8 Å². The van der Waals surface area contributed by atoms with Gasteiger partial charge in [-0.05, 0) is 32.1 Å². The zero-order valence-corrected chi connectivity index (χ0v) is 9.67. The van der Waals surface area contributed by atoms with Crippen LogP contribution in [0.25, 0.3) is 0 Å². The van der Waals surface area contributed by atoms with Crippen molar-refractivity contribution in [1.29, 1.82) is 0 Å². The molecular weight excluding hydrogens is 190 g/mol. The van der Waals surface area contributed by atoms with Gasteiger partial charge in [-0.15, -0.1) is 0 Å². The molecule has 1 saturated carbocycles. The number of nitrogens with two attached hydrogens (primary N) is 1. The van der Waals surface area contributed by atoms with E-state index in [0.717, 1.165) is 32.1 Å². The molecule has 0 aromatic rings. The summed E-state index contributed by atoms with van der Waals surface area (Å²) >= 11 is 0. The number of carbonyl (C=O) groups is 1. The summed E-state index contributed by atoms with van der Waals surface area (Å²) in [5.74, 6) is 0.0304. The highest BCUT2D eigenvalue weighted by atomic mass is 16.3. The molecule has 0 spiro atoms. The Morgan fingerprint density at radius 3 is 2.53 bits per heavy atom. The van der Waals surface area contributed by atoms with Crippen molar-refractivity contribution in [3.8, 4) is 0 Å². The van der Waals surface area contributed by atoms with Crippen LogP contribution in [0.3, 0.4) is 0 Å². The minimum Gasteiger partial charge on any atom is -0.382 e. The Bertz CT molecular complexity index is 208. The molecule has 1 aliphatic carbocycles. The van der Waals surface area contributed by atoms with Crippen LogP contribution in [0.2, 0.25) is 0 Å². The zero-order valence-electron chi connectivity index (χ0n) is 9.67. The first-order valence-electron chi connectivity index (χ1n) is 6.10. The molecule has 0 amide bonds. The van der Waals surface area contributed by atoms with Crippen LogP contribution in [0.5, 0.6) is 0 Å². The van der Waals surface area contributed by atoms with Crippen molar-refractivity contribution in [2.75, 3.05) is 0 Å². The highest BCUT2D eigenvalue weighted by molar-refractivity contribution is 5.87. The summed E-state index contributed by atoms with van der Waals surface area (Å²) in [6.07, 6.45) is 6.27. The van der Waals surface area contributed by atoms with Gasteiger partial charge in [0.25, 0.3) is 0 Å². The second kappa shape index (κ2) is 5.61. The summed E-state index contributed by atoms with van der Waals surface area (Å²) < 4.78 is 0. The number of hydrogen-bond acceptors (Lipinski definition) is 3. The molecule has 0 aliphatic heterocycles. The molecular formula is C12H23NO2. The van der Waals surface area contributed by atoms with E-state index in [9.17, 15) is 9.90 Å². The topological polar surface area (TPSA) is 63.3 Å². The predicted molar refractivity (Wildman–Crippen MR) is 60.5 cm³/mol. The lowest BCUT2D eigenvalue weighted by atomic mass is 9.78. The Morgan fingerprint density at radius 1 is 1.40 bits per heavy atom. The molecule has 1 fully saturated rings. The fourth-order valence-electron chi connectivity index (χ4n) is 2.16. The van der Waals surface area contributed by atoms with Gasteiger partial charge in [0.15, 0.2) is 5.78 Å². The third-order valence-electron chi connectivity index (χ3n) is 3.38. The molecule has 1 aliphatic rings. The highest BCUT2D eigenvalue weighted by Gasteiger charge is 2.37. The maximum Gasteiger partial charge on any atom is 0.164 e. The van der Waals surface area contributed by atoms with E-state index in [1.54, 1.807) is 0 Å². The lowest BCUT2D eigenvalue weighted by molar-refractivity contribution is -0.141. The van der Waals surface area contributed by atoms with Crippen LogP contribution < -0.4 is 5.73 Å². The Labute approximate surface area is 92.0 Å². The summed E-state index contributed by atoms with van der Waals surface area (Å²) in [5, 5.41) is 10.2. The van der Waals surface area contributed by atoms with Crippen LogP contribution in [0.15, 0.2) is 0 Å². The Balaban J connectivity index is 2.36. The van der Waals surface area contributed by atoms with E-state index in [1.807, 2.05) is 0 Å². The lowest BCUT2D eigenvalue weighted by Crippen LogP contribution is -2.44. The molecule has 3 heteroatoms. The minimum atomic E-state index is -1.05. The number of aliphatic hydroxyl groups is 1. The van der Waals surface area contributed by atoms with Crippen LogP contribution in [0.4, 0.5) is 0 Å². The average Bonchev–Trinajstić information content (AvgIpc) is 2.23. The van der Waals surface area contributed by atoms with Crippen molar-refractivity contribution >= 4 is 5.78 Å². The molecule has 3 nitrogen and oxygen atoms in total. The number of unbranched alkanes of at least 4 members (excludes halogenated alkanes) is 2. The molecule has 0 saturated heterocycles. The molecule has 88 valence electrons. The number of rotatable bonds is 5. The van der Waals surface area contributed by atoms with E-state index >= 15 is 0 Å². The maximum absolute atomic E-state index is 11.8. The summed E-state index contributed by atoms with van der Waals surface area (Å²) in [6.45, 7) is 2.11. The van der Waals surface area contributed by atoms with E-state index in [2.05, 4.69) is 6.92 Å². The van der Waals surface area contributed by atoms with Crippen LogP contribution >= 0.6 is 0 Å². The zero-order chi connectivity index (χ0) is 11.3. The van der Waals surface area contributed by atoms with E-state index in [-0.39, 0.29) is 11.8 Å². The van der Waals surface area contributed by atoms with Crippen LogP contribution in [0, 0.1) is 0 Å². The SMILES string of the molecule is CCCCCC(=O)C1(O)CCC(N)CC1. The molecule has 1 rings (SSSR count). The van der Waals surface area contributed by atoms with Gasteiger partial charge >= 0.3 is 0 Å². The summed E-state index contributed by atoms with van der Waals surface area (Å²) in [5.41, 5.74) is 4.70. The third-order valence-corrected chi connectivity index (χ3v) is 3.38. The summed E-state index contributed by atoms with van der Waals surface area (Å²) in [6, 6.07) is 0.175. The van der Waals surface area contributed by atoms with E-state index < -0.39 is 5.60 Å². The average molecular weight is 213 g/mol. The van der Waals surface area contributed by atoms with Gasteiger partial charge in [0.2, 0.25) is 0 Å². The molecule has 0 heterocycles. The third kappa shape index (κ3) is 3.58. The van der Waals surface area contributed by atoms with Crippen LogP contribution in [0.1, 0.15) is 58.3 Å². The van der Waals surface area contributed by atoms with Gasteiger partial charge in [0, 0.05) is 12.5 Å². The van der Waals surface area contributed by atoms with Crippen molar-refractivity contribution in [3.05, 3.63) is 0 Å². The van der Waals surface area contributed by atoms with Gasteiger partial charge in [-0.25, -0.2) is 0 Å². The standard InChI is InChI=1S/C12H23NO2/c1-2-3-4-5-11(14)12(15)8-6-10(13)7-9-12/h10,15H,2-9,13H2,1H3. The van der Waals surface area contributed by atoms with E-state index in [0.29, 0.717) is 19.3 Å². The largest absolute Gasteiger partial charge is 0.382 e. The van der Waals surface area contributed by atoms with Gasteiger partial charge in [0.1, 0.15) is 5.60 Å².